The molecule has 2 aromatic heterocycles. The number of aryl methyl sites for hydroxylation is 1. The van der Waals surface area contributed by atoms with E-state index in [1.165, 1.54) is 36.6 Å². The van der Waals surface area contributed by atoms with Crippen LogP contribution in [0.1, 0.15) is 65.3 Å². The number of hydrogen-bond donors (Lipinski definition) is 1. The van der Waals surface area contributed by atoms with E-state index < -0.39 is 12.1 Å². The van der Waals surface area contributed by atoms with E-state index in [4.69, 9.17) is 32.7 Å². The first kappa shape index (κ1) is 27.8. The van der Waals surface area contributed by atoms with Crippen molar-refractivity contribution in [3.05, 3.63) is 50.1 Å². The fraction of sp³-hybridized carbons (Fsp3) is 0.440. The van der Waals surface area contributed by atoms with Crippen LogP contribution in [-0.2, 0) is 29.4 Å². The number of hydrogen-bond acceptors (Lipinski definition) is 8. The molecule has 1 aliphatic carbocycles. The summed E-state index contributed by atoms with van der Waals surface area (Å²) in [6, 6.07) is 5.00. The number of esters is 1. The molecular formula is C25H28Cl2N4O4S2. The van der Waals surface area contributed by atoms with Crippen LogP contribution in [0.15, 0.2) is 23.4 Å². The Hall–Kier alpha value is -2.27. The van der Waals surface area contributed by atoms with Gasteiger partial charge in [-0.1, -0.05) is 47.8 Å². The van der Waals surface area contributed by atoms with Crippen molar-refractivity contribution < 1.29 is 19.1 Å². The Kier molecular flexibility index (Phi) is 9.39. The summed E-state index contributed by atoms with van der Waals surface area (Å²) in [5.74, 6) is 0.483. The molecule has 1 amide bonds. The Labute approximate surface area is 234 Å². The lowest BCUT2D eigenvalue weighted by molar-refractivity contribution is -0.113. The lowest BCUT2D eigenvalue weighted by Gasteiger charge is -2.15. The van der Waals surface area contributed by atoms with E-state index in [2.05, 4.69) is 15.5 Å². The number of amides is 1. The third-order valence-corrected chi connectivity index (χ3v) is 8.85. The first-order valence-electron chi connectivity index (χ1n) is 11.9. The van der Waals surface area contributed by atoms with Gasteiger partial charge in [0.2, 0.25) is 5.91 Å². The van der Waals surface area contributed by atoms with E-state index in [-0.39, 0.29) is 11.7 Å². The molecule has 1 unspecified atom stereocenters. The standard InChI is InChI=1S/C25H28Cl2N4O4S2/c1-14(35-18-12-15(26)10-11-17(18)27)22-29-30-25(31(22)2)36-13-20(32)28-23-21(24(33)34-3)16-8-6-4-5-7-9-19(16)37-23/h10-12,14H,4-9,13H2,1-3H3,(H,28,32). The largest absolute Gasteiger partial charge is 0.481 e. The second-order valence-electron chi connectivity index (χ2n) is 8.69. The summed E-state index contributed by atoms with van der Waals surface area (Å²) in [6.07, 6.45) is 5.71. The van der Waals surface area contributed by atoms with Gasteiger partial charge in [0.25, 0.3) is 0 Å². The molecule has 0 bridgehead atoms. The Balaban J connectivity index is 1.42. The first-order chi connectivity index (χ1) is 17.8. The van der Waals surface area contributed by atoms with Crippen LogP contribution in [0.5, 0.6) is 5.75 Å². The minimum Gasteiger partial charge on any atom is -0.481 e. The molecule has 1 N–H and O–H groups in total. The van der Waals surface area contributed by atoms with Gasteiger partial charge in [-0.2, -0.15) is 0 Å². The quantitative estimate of drug-likeness (QED) is 0.239. The molecule has 4 rings (SSSR count). The number of aromatic nitrogens is 3. The fourth-order valence-corrected chi connectivity index (χ4v) is 6.57. The number of ether oxygens (including phenoxy) is 2. The minimum atomic E-state index is -0.454. The highest BCUT2D eigenvalue weighted by Crippen LogP contribution is 2.38. The zero-order chi connectivity index (χ0) is 26.5. The van der Waals surface area contributed by atoms with Crippen molar-refractivity contribution in [1.82, 2.24) is 14.8 Å². The third kappa shape index (κ3) is 6.60. The zero-order valence-electron chi connectivity index (χ0n) is 20.8. The lowest BCUT2D eigenvalue weighted by atomic mass is 9.96. The molecule has 8 nitrogen and oxygen atoms in total. The van der Waals surface area contributed by atoms with Gasteiger partial charge in [-0.25, -0.2) is 4.79 Å². The first-order valence-corrected chi connectivity index (χ1v) is 14.5. The van der Waals surface area contributed by atoms with Crippen molar-refractivity contribution in [2.75, 3.05) is 18.2 Å². The van der Waals surface area contributed by atoms with Crippen LogP contribution >= 0.6 is 46.3 Å². The average Bonchev–Trinajstić information content (AvgIpc) is 3.38. The van der Waals surface area contributed by atoms with E-state index >= 15 is 0 Å². The van der Waals surface area contributed by atoms with Gasteiger partial charge >= 0.3 is 5.97 Å². The predicted octanol–water partition coefficient (Wildman–Crippen LogP) is 6.50. The maximum atomic E-state index is 12.9. The van der Waals surface area contributed by atoms with Crippen LogP contribution in [0.2, 0.25) is 10.0 Å². The maximum absolute atomic E-state index is 12.9. The Morgan fingerprint density at radius 2 is 1.95 bits per heavy atom. The molecule has 1 aliphatic rings. The molecule has 0 spiro atoms. The number of halogens is 2. The molecule has 1 atom stereocenters. The van der Waals surface area contributed by atoms with Gasteiger partial charge < -0.3 is 19.4 Å². The van der Waals surface area contributed by atoms with E-state index in [9.17, 15) is 9.59 Å². The number of thiophene rings is 1. The van der Waals surface area contributed by atoms with Crippen LogP contribution in [-0.4, -0.2) is 39.5 Å². The van der Waals surface area contributed by atoms with E-state index in [1.54, 1.807) is 22.8 Å². The normalized spacial score (nSPS) is 14.3. The molecule has 37 heavy (non-hydrogen) atoms. The maximum Gasteiger partial charge on any atom is 0.341 e. The average molecular weight is 584 g/mol. The zero-order valence-corrected chi connectivity index (χ0v) is 24.0. The highest BCUT2D eigenvalue weighted by atomic mass is 35.5. The molecule has 0 saturated heterocycles. The smallest absolute Gasteiger partial charge is 0.341 e. The molecule has 198 valence electrons. The number of thioether (sulfide) groups is 1. The van der Waals surface area contributed by atoms with Crippen molar-refractivity contribution in [3.63, 3.8) is 0 Å². The number of rotatable bonds is 8. The van der Waals surface area contributed by atoms with Gasteiger partial charge in [0, 0.05) is 23.0 Å². The number of methoxy groups -OCH3 is 1. The Morgan fingerprint density at radius 3 is 2.70 bits per heavy atom. The van der Waals surface area contributed by atoms with Gasteiger partial charge in [0.15, 0.2) is 17.1 Å². The molecule has 0 radical (unpaired) electrons. The van der Waals surface area contributed by atoms with Crippen LogP contribution in [0.4, 0.5) is 5.00 Å². The van der Waals surface area contributed by atoms with E-state index in [0.717, 1.165) is 42.5 Å². The highest BCUT2D eigenvalue weighted by Gasteiger charge is 2.26. The van der Waals surface area contributed by atoms with Gasteiger partial charge in [-0.15, -0.1) is 21.5 Å². The van der Waals surface area contributed by atoms with Crippen molar-refractivity contribution in [1.29, 1.82) is 0 Å². The van der Waals surface area contributed by atoms with Gasteiger partial charge in [-0.05, 0) is 50.3 Å². The molecule has 0 fully saturated rings. The summed E-state index contributed by atoms with van der Waals surface area (Å²) in [7, 11) is 3.18. The Bertz CT molecular complexity index is 1290. The second kappa shape index (κ2) is 12.5. The molecule has 1 aromatic carbocycles. The SMILES string of the molecule is COC(=O)c1c(NC(=O)CSc2nnc(C(C)Oc3cc(Cl)ccc3Cl)n2C)sc2c1CCCCCC2. The van der Waals surface area contributed by atoms with Crippen LogP contribution in [0.3, 0.4) is 0 Å². The summed E-state index contributed by atoms with van der Waals surface area (Å²) in [6.45, 7) is 1.83. The molecule has 12 heteroatoms. The summed E-state index contributed by atoms with van der Waals surface area (Å²) in [4.78, 5) is 26.6. The summed E-state index contributed by atoms with van der Waals surface area (Å²) in [5.41, 5.74) is 1.51. The Morgan fingerprint density at radius 1 is 1.19 bits per heavy atom. The number of carbonyl (C=O) groups is 2. The number of nitrogens with zero attached hydrogens (tertiary/aromatic N) is 3. The molecular weight excluding hydrogens is 555 g/mol. The van der Waals surface area contributed by atoms with Gasteiger partial charge in [0.05, 0.1) is 23.4 Å². The van der Waals surface area contributed by atoms with Crippen LogP contribution < -0.4 is 10.1 Å². The highest BCUT2D eigenvalue weighted by molar-refractivity contribution is 7.99. The number of carbonyl (C=O) groups excluding carboxylic acids is 2. The summed E-state index contributed by atoms with van der Waals surface area (Å²) >= 11 is 15.0. The van der Waals surface area contributed by atoms with Crippen LogP contribution in [0.25, 0.3) is 0 Å². The lowest BCUT2D eigenvalue weighted by Crippen LogP contribution is -2.17. The van der Waals surface area contributed by atoms with E-state index in [0.29, 0.717) is 37.3 Å². The molecule has 2 heterocycles. The number of fused-ring (bicyclic) bond motifs is 1. The predicted molar refractivity (Wildman–Crippen MR) is 147 cm³/mol. The van der Waals surface area contributed by atoms with E-state index in [1.807, 2.05) is 14.0 Å². The monoisotopic (exact) mass is 582 g/mol. The third-order valence-electron chi connectivity index (χ3n) is 6.08. The summed E-state index contributed by atoms with van der Waals surface area (Å²) in [5, 5.41) is 13.5. The second-order valence-corrected chi connectivity index (χ2v) is 11.6. The van der Waals surface area contributed by atoms with Crippen molar-refractivity contribution in [2.45, 2.75) is 56.7 Å². The topological polar surface area (TPSA) is 95.3 Å². The molecule has 3 aromatic rings. The number of anilines is 1. The molecule has 0 saturated carbocycles. The fourth-order valence-electron chi connectivity index (χ4n) is 4.23. The number of nitrogens with one attached hydrogen (secondary N) is 1. The van der Waals surface area contributed by atoms with Crippen LogP contribution in [0, 0.1) is 0 Å². The minimum absolute atomic E-state index is 0.102. The van der Waals surface area contributed by atoms with Gasteiger partial charge in [0.1, 0.15) is 10.8 Å². The number of benzene rings is 1. The van der Waals surface area contributed by atoms with Crippen molar-refractivity contribution in [2.24, 2.45) is 7.05 Å². The van der Waals surface area contributed by atoms with Crippen molar-refractivity contribution >= 4 is 63.2 Å². The summed E-state index contributed by atoms with van der Waals surface area (Å²) < 4.78 is 12.8. The van der Waals surface area contributed by atoms with Crippen molar-refractivity contribution in [3.8, 4) is 5.75 Å². The van der Waals surface area contributed by atoms with Gasteiger partial charge in [-0.3, -0.25) is 4.79 Å². The molecule has 0 aliphatic heterocycles.